The first-order chi connectivity index (χ1) is 16.1. The van der Waals surface area contributed by atoms with Crippen LogP contribution in [0, 0.1) is 6.92 Å². The fourth-order valence-electron chi connectivity index (χ4n) is 4.67. The van der Waals surface area contributed by atoms with Crippen LogP contribution in [0.15, 0.2) is 85.1 Å². The molecular weight excluding hydrogens is 408 g/mol. The van der Waals surface area contributed by atoms with Crippen LogP contribution in [0.3, 0.4) is 0 Å². The SMILES string of the molecule is Cc1ccc(C(=O)C=Cc2cn(CC(O)CN3CCc4ccccc43)c3ccccc23)cc1. The highest BCUT2D eigenvalue weighted by molar-refractivity contribution is 6.07. The molecule has 5 rings (SSSR count). The molecule has 166 valence electrons. The van der Waals surface area contributed by atoms with Gasteiger partial charge in [0.05, 0.1) is 12.6 Å². The molecule has 4 heteroatoms. The van der Waals surface area contributed by atoms with Crippen LogP contribution in [0.2, 0.25) is 0 Å². The van der Waals surface area contributed by atoms with Crippen molar-refractivity contribution in [2.45, 2.75) is 26.0 Å². The molecule has 1 aliphatic rings. The van der Waals surface area contributed by atoms with Crippen LogP contribution < -0.4 is 4.90 Å². The normalized spacial score (nSPS) is 14.2. The number of β-amino-alcohol motifs (C(OH)–C–C–N with tert-alkyl or cyclic N) is 1. The van der Waals surface area contributed by atoms with E-state index >= 15 is 0 Å². The Morgan fingerprint density at radius 3 is 2.61 bits per heavy atom. The van der Waals surface area contributed by atoms with Crippen molar-refractivity contribution in [1.82, 2.24) is 4.57 Å². The number of hydrogen-bond donors (Lipinski definition) is 1. The van der Waals surface area contributed by atoms with Crippen molar-refractivity contribution in [3.63, 3.8) is 0 Å². The second-order valence-corrected chi connectivity index (χ2v) is 8.80. The van der Waals surface area contributed by atoms with Crippen molar-refractivity contribution in [2.24, 2.45) is 0 Å². The zero-order valence-corrected chi connectivity index (χ0v) is 18.8. The molecule has 33 heavy (non-hydrogen) atoms. The van der Waals surface area contributed by atoms with E-state index in [1.807, 2.05) is 55.6 Å². The summed E-state index contributed by atoms with van der Waals surface area (Å²) in [6, 6.07) is 24.2. The lowest BCUT2D eigenvalue weighted by molar-refractivity contribution is 0.104. The number of benzene rings is 3. The molecule has 1 N–H and O–H groups in total. The maximum atomic E-state index is 12.6. The molecule has 0 saturated carbocycles. The van der Waals surface area contributed by atoms with Gasteiger partial charge in [0.2, 0.25) is 0 Å². The van der Waals surface area contributed by atoms with Gasteiger partial charge in [-0.05, 0) is 43.2 Å². The highest BCUT2D eigenvalue weighted by Gasteiger charge is 2.21. The highest BCUT2D eigenvalue weighted by Crippen LogP contribution is 2.28. The van der Waals surface area contributed by atoms with Crippen molar-refractivity contribution in [1.29, 1.82) is 0 Å². The van der Waals surface area contributed by atoms with Gasteiger partial charge in [-0.15, -0.1) is 0 Å². The Labute approximate surface area is 194 Å². The van der Waals surface area contributed by atoms with Gasteiger partial charge in [-0.2, -0.15) is 0 Å². The van der Waals surface area contributed by atoms with Crippen molar-refractivity contribution in [2.75, 3.05) is 18.0 Å². The fourth-order valence-corrected chi connectivity index (χ4v) is 4.67. The largest absolute Gasteiger partial charge is 0.389 e. The molecule has 4 aromatic rings. The van der Waals surface area contributed by atoms with Crippen LogP contribution in [-0.4, -0.2) is 34.7 Å². The predicted molar refractivity (Wildman–Crippen MR) is 135 cm³/mol. The van der Waals surface area contributed by atoms with E-state index in [0.717, 1.165) is 35.0 Å². The minimum atomic E-state index is -0.502. The number of hydrogen-bond acceptors (Lipinski definition) is 3. The summed E-state index contributed by atoms with van der Waals surface area (Å²) in [6.07, 6.45) is 6.07. The van der Waals surface area contributed by atoms with Crippen molar-refractivity contribution in [3.8, 4) is 0 Å². The number of aliphatic hydroxyl groups is 1. The Morgan fingerprint density at radius 1 is 1.00 bits per heavy atom. The van der Waals surface area contributed by atoms with Gasteiger partial charge < -0.3 is 14.6 Å². The lowest BCUT2D eigenvalue weighted by Gasteiger charge is -2.23. The van der Waals surface area contributed by atoms with Gasteiger partial charge in [0.15, 0.2) is 5.78 Å². The number of rotatable bonds is 7. The minimum Gasteiger partial charge on any atom is -0.389 e. The van der Waals surface area contributed by atoms with E-state index in [2.05, 4.69) is 45.9 Å². The van der Waals surface area contributed by atoms with Crippen molar-refractivity contribution < 1.29 is 9.90 Å². The van der Waals surface area contributed by atoms with E-state index in [1.165, 1.54) is 11.3 Å². The van der Waals surface area contributed by atoms with Gasteiger partial charge in [0, 0.05) is 47.0 Å². The number of allylic oxidation sites excluding steroid dienone is 1. The first kappa shape index (κ1) is 21.2. The number of nitrogens with zero attached hydrogens (tertiary/aromatic N) is 2. The second-order valence-electron chi connectivity index (χ2n) is 8.80. The molecule has 0 spiro atoms. The number of aliphatic hydroxyl groups excluding tert-OH is 1. The molecule has 1 atom stereocenters. The highest BCUT2D eigenvalue weighted by atomic mass is 16.3. The van der Waals surface area contributed by atoms with Crippen LogP contribution in [0.4, 0.5) is 5.69 Å². The number of carbonyl (C=O) groups is 1. The summed E-state index contributed by atoms with van der Waals surface area (Å²) in [6.45, 7) is 4.05. The molecule has 1 aliphatic heterocycles. The Balaban J connectivity index is 1.34. The molecule has 1 aromatic heterocycles. The number of anilines is 1. The zero-order chi connectivity index (χ0) is 22.8. The maximum absolute atomic E-state index is 12.6. The lowest BCUT2D eigenvalue weighted by atomic mass is 10.1. The van der Waals surface area contributed by atoms with Gasteiger partial charge in [0.25, 0.3) is 0 Å². The Bertz CT molecular complexity index is 1320. The van der Waals surface area contributed by atoms with E-state index in [-0.39, 0.29) is 5.78 Å². The van der Waals surface area contributed by atoms with E-state index in [1.54, 1.807) is 6.08 Å². The topological polar surface area (TPSA) is 45.5 Å². The zero-order valence-electron chi connectivity index (χ0n) is 18.8. The molecule has 2 heterocycles. The first-order valence-corrected chi connectivity index (χ1v) is 11.5. The van der Waals surface area contributed by atoms with E-state index < -0.39 is 6.10 Å². The molecule has 0 saturated heterocycles. The molecule has 1 unspecified atom stereocenters. The standard InChI is InChI=1S/C29H28N2O2/c1-21-10-12-23(13-11-21)29(33)15-14-24-18-31(28-9-5-3-7-26(24)28)20-25(32)19-30-17-16-22-6-2-4-8-27(22)30/h2-15,18,25,32H,16-17,19-20H2,1H3. The second kappa shape index (κ2) is 9.08. The fraction of sp³-hybridized carbons (Fsp3) is 0.207. The number of carbonyl (C=O) groups excluding carboxylic acids is 1. The average molecular weight is 437 g/mol. The summed E-state index contributed by atoms with van der Waals surface area (Å²) in [5.74, 6) is -0.0143. The molecule has 4 nitrogen and oxygen atoms in total. The third-order valence-corrected chi connectivity index (χ3v) is 6.39. The average Bonchev–Trinajstić information content (AvgIpc) is 3.39. The molecule has 0 amide bonds. The Hall–Kier alpha value is -3.63. The van der Waals surface area contributed by atoms with Crippen LogP contribution in [0.5, 0.6) is 0 Å². The number of aromatic nitrogens is 1. The Morgan fingerprint density at radius 2 is 1.76 bits per heavy atom. The third-order valence-electron chi connectivity index (χ3n) is 6.39. The van der Waals surface area contributed by atoms with Crippen LogP contribution in [0.1, 0.15) is 27.0 Å². The molecule has 3 aromatic carbocycles. The van der Waals surface area contributed by atoms with E-state index in [0.29, 0.717) is 18.7 Å². The number of fused-ring (bicyclic) bond motifs is 2. The summed E-state index contributed by atoms with van der Waals surface area (Å²) < 4.78 is 2.10. The number of ketones is 1. The number of aryl methyl sites for hydroxylation is 1. The first-order valence-electron chi connectivity index (χ1n) is 11.5. The summed E-state index contributed by atoms with van der Waals surface area (Å²) in [5.41, 5.74) is 6.43. The van der Waals surface area contributed by atoms with Gasteiger partial charge in [-0.25, -0.2) is 0 Å². The summed E-state index contributed by atoms with van der Waals surface area (Å²) in [5, 5.41) is 12.0. The van der Waals surface area contributed by atoms with Crippen molar-refractivity contribution >= 4 is 28.4 Å². The molecular formula is C29H28N2O2. The van der Waals surface area contributed by atoms with Gasteiger partial charge >= 0.3 is 0 Å². The van der Waals surface area contributed by atoms with Gasteiger partial charge in [0.1, 0.15) is 0 Å². The van der Waals surface area contributed by atoms with Gasteiger partial charge in [-0.3, -0.25) is 4.79 Å². The molecule has 0 bridgehead atoms. The Kier molecular flexibility index (Phi) is 5.84. The molecule has 0 fully saturated rings. The summed E-state index contributed by atoms with van der Waals surface area (Å²) >= 11 is 0. The smallest absolute Gasteiger partial charge is 0.185 e. The quantitative estimate of drug-likeness (QED) is 0.317. The van der Waals surface area contributed by atoms with E-state index in [4.69, 9.17) is 0 Å². The molecule has 0 radical (unpaired) electrons. The third kappa shape index (κ3) is 4.48. The predicted octanol–water partition coefficient (Wildman–Crippen LogP) is 5.27. The summed E-state index contributed by atoms with van der Waals surface area (Å²) in [4.78, 5) is 14.9. The lowest BCUT2D eigenvalue weighted by Crippen LogP contribution is -2.33. The van der Waals surface area contributed by atoms with Crippen molar-refractivity contribution in [3.05, 3.63) is 107 Å². The monoisotopic (exact) mass is 436 g/mol. The van der Waals surface area contributed by atoms with E-state index in [9.17, 15) is 9.90 Å². The van der Waals surface area contributed by atoms with Crippen LogP contribution in [0.25, 0.3) is 17.0 Å². The number of para-hydroxylation sites is 2. The minimum absolute atomic E-state index is 0.0143. The molecule has 0 aliphatic carbocycles. The van der Waals surface area contributed by atoms with Gasteiger partial charge in [-0.1, -0.05) is 66.2 Å². The summed E-state index contributed by atoms with van der Waals surface area (Å²) in [7, 11) is 0. The van der Waals surface area contributed by atoms with Crippen LogP contribution in [-0.2, 0) is 13.0 Å². The van der Waals surface area contributed by atoms with Crippen LogP contribution >= 0.6 is 0 Å². The maximum Gasteiger partial charge on any atom is 0.185 e.